The van der Waals surface area contributed by atoms with Crippen LogP contribution in [0.3, 0.4) is 0 Å². The number of likely N-dealkylation sites (tertiary alicyclic amines) is 1. The summed E-state index contributed by atoms with van der Waals surface area (Å²) in [7, 11) is 3.49. The molecule has 4 rings (SSSR count). The highest BCUT2D eigenvalue weighted by Gasteiger charge is 2.59. The van der Waals surface area contributed by atoms with Crippen LogP contribution in [0.4, 0.5) is 0 Å². The van der Waals surface area contributed by atoms with Gasteiger partial charge in [0.05, 0.1) is 17.4 Å². The van der Waals surface area contributed by atoms with Crippen LogP contribution in [-0.2, 0) is 14.3 Å². The number of guanidine groups is 1. The number of amides is 2. The molecule has 1 aliphatic heterocycles. The highest BCUT2D eigenvalue weighted by molar-refractivity contribution is 6.06. The van der Waals surface area contributed by atoms with E-state index in [9.17, 15) is 9.59 Å². The lowest BCUT2D eigenvalue weighted by molar-refractivity contribution is -0.176. The summed E-state index contributed by atoms with van der Waals surface area (Å²) in [4.78, 5) is 31.2. The monoisotopic (exact) mass is 388 g/mol. The topological polar surface area (TPSA) is 83.0 Å². The average Bonchev–Trinajstić information content (AvgIpc) is 3.35. The molecule has 0 spiro atoms. The summed E-state index contributed by atoms with van der Waals surface area (Å²) in [5.41, 5.74) is -0.174. The molecule has 3 fully saturated rings. The molecule has 6 atom stereocenters. The van der Waals surface area contributed by atoms with E-state index in [0.29, 0.717) is 19.0 Å². The van der Waals surface area contributed by atoms with Gasteiger partial charge >= 0.3 is 0 Å². The number of imide groups is 1. The van der Waals surface area contributed by atoms with E-state index < -0.39 is 0 Å². The minimum Gasteiger partial charge on any atom is -0.378 e. The van der Waals surface area contributed by atoms with Crippen LogP contribution in [0.5, 0.6) is 0 Å². The van der Waals surface area contributed by atoms with E-state index in [1.54, 1.807) is 14.2 Å². The third kappa shape index (κ3) is 2.62. The van der Waals surface area contributed by atoms with Crippen LogP contribution in [0, 0.1) is 29.1 Å². The van der Waals surface area contributed by atoms with Gasteiger partial charge in [0.15, 0.2) is 5.96 Å². The molecule has 2 amide bonds. The Morgan fingerprint density at radius 3 is 2.32 bits per heavy atom. The fraction of sp³-hybridized carbons (Fsp3) is 0.762. The van der Waals surface area contributed by atoms with E-state index in [2.05, 4.69) is 48.5 Å². The fourth-order valence-electron chi connectivity index (χ4n) is 5.55. The number of nitrogens with one attached hydrogen (secondary N) is 2. The van der Waals surface area contributed by atoms with Crippen molar-refractivity contribution < 1.29 is 14.3 Å². The second-order valence-corrected chi connectivity index (χ2v) is 9.38. The van der Waals surface area contributed by atoms with Crippen molar-refractivity contribution in [2.24, 2.45) is 34.1 Å². The SMILES string of the molecule is CN=C(NCCN1C(=O)C2C3C=CC(C3)C2C1=O)NC1CC(C)(OC)C1(C)C. The lowest BCUT2D eigenvalue weighted by Gasteiger charge is -2.59. The number of nitrogens with zero attached hydrogens (tertiary/aromatic N) is 2. The Balaban J connectivity index is 1.29. The third-order valence-electron chi connectivity index (χ3n) is 8.00. The van der Waals surface area contributed by atoms with Crippen molar-refractivity contribution in [3.63, 3.8) is 0 Å². The summed E-state index contributed by atoms with van der Waals surface area (Å²) in [5, 5.41) is 6.72. The normalized spacial score (nSPS) is 40.7. The molecule has 1 heterocycles. The largest absolute Gasteiger partial charge is 0.378 e. The highest BCUT2D eigenvalue weighted by Crippen LogP contribution is 2.52. The zero-order valence-electron chi connectivity index (χ0n) is 17.5. The van der Waals surface area contributed by atoms with Crippen LogP contribution in [0.25, 0.3) is 0 Å². The van der Waals surface area contributed by atoms with Crippen LogP contribution < -0.4 is 10.6 Å². The summed E-state index contributed by atoms with van der Waals surface area (Å²) < 4.78 is 5.68. The number of rotatable bonds is 5. The summed E-state index contributed by atoms with van der Waals surface area (Å²) in [6, 6.07) is 0.250. The van der Waals surface area contributed by atoms with Crippen molar-refractivity contribution >= 4 is 17.8 Å². The molecule has 7 nitrogen and oxygen atoms in total. The Hall–Kier alpha value is -1.89. The average molecular weight is 389 g/mol. The standard InChI is InChI=1S/C21H32N4O3/c1-20(2)14(11-21(20,3)28-5)24-19(22-4)23-8-9-25-17(26)15-12-6-7-13(10-12)16(15)18(25)27/h6-7,12-16H,8-11H2,1-5H3,(H2,22,23,24). The Morgan fingerprint density at radius 1 is 1.21 bits per heavy atom. The van der Waals surface area contributed by atoms with Crippen LogP contribution in [0.15, 0.2) is 17.1 Å². The molecule has 2 saturated carbocycles. The van der Waals surface area contributed by atoms with Gasteiger partial charge in [-0.05, 0) is 31.6 Å². The van der Waals surface area contributed by atoms with E-state index in [-0.39, 0.29) is 52.5 Å². The quantitative estimate of drug-likeness (QED) is 0.320. The molecule has 2 bridgehead atoms. The van der Waals surface area contributed by atoms with Crippen molar-refractivity contribution in [3.05, 3.63) is 12.2 Å². The molecule has 0 aromatic carbocycles. The number of carbonyl (C=O) groups excluding carboxylic acids is 2. The number of methoxy groups -OCH3 is 1. The number of allylic oxidation sites excluding steroid dienone is 2. The van der Waals surface area contributed by atoms with Gasteiger partial charge in [-0.3, -0.25) is 19.5 Å². The van der Waals surface area contributed by atoms with Crippen molar-refractivity contribution in [1.82, 2.24) is 15.5 Å². The van der Waals surface area contributed by atoms with Crippen molar-refractivity contribution in [2.75, 3.05) is 27.2 Å². The second-order valence-electron chi connectivity index (χ2n) is 9.38. The van der Waals surface area contributed by atoms with Crippen LogP contribution >= 0.6 is 0 Å². The predicted molar refractivity (Wildman–Crippen MR) is 107 cm³/mol. The number of hydrogen-bond donors (Lipinski definition) is 2. The van der Waals surface area contributed by atoms with Gasteiger partial charge in [-0.2, -0.15) is 0 Å². The van der Waals surface area contributed by atoms with E-state index in [1.165, 1.54) is 4.90 Å². The van der Waals surface area contributed by atoms with Crippen molar-refractivity contribution in [2.45, 2.75) is 45.3 Å². The highest BCUT2D eigenvalue weighted by atomic mass is 16.5. The molecular formula is C21H32N4O3. The van der Waals surface area contributed by atoms with Gasteiger partial charge in [-0.1, -0.05) is 26.0 Å². The zero-order chi connectivity index (χ0) is 20.3. The summed E-state index contributed by atoms with van der Waals surface area (Å²) in [6.45, 7) is 7.38. The first-order valence-electron chi connectivity index (χ1n) is 10.3. The lowest BCUT2D eigenvalue weighted by Crippen LogP contribution is -2.69. The molecule has 4 aliphatic rings. The maximum atomic E-state index is 12.7. The zero-order valence-corrected chi connectivity index (χ0v) is 17.5. The minimum atomic E-state index is -0.150. The van der Waals surface area contributed by atoms with Gasteiger partial charge in [-0.15, -0.1) is 0 Å². The van der Waals surface area contributed by atoms with Crippen molar-refractivity contribution in [1.29, 1.82) is 0 Å². The van der Waals surface area contributed by atoms with Crippen molar-refractivity contribution in [3.8, 4) is 0 Å². The molecule has 1 saturated heterocycles. The molecule has 3 aliphatic carbocycles. The van der Waals surface area contributed by atoms with E-state index >= 15 is 0 Å². The van der Waals surface area contributed by atoms with E-state index in [1.807, 2.05) is 0 Å². The summed E-state index contributed by atoms with van der Waals surface area (Å²) in [5.74, 6) is 0.979. The fourth-order valence-corrected chi connectivity index (χ4v) is 5.55. The molecule has 154 valence electrons. The molecule has 28 heavy (non-hydrogen) atoms. The van der Waals surface area contributed by atoms with Gasteiger partial charge in [0.25, 0.3) is 0 Å². The maximum Gasteiger partial charge on any atom is 0.233 e. The molecule has 2 N–H and O–H groups in total. The molecule has 7 heteroatoms. The first-order valence-corrected chi connectivity index (χ1v) is 10.3. The predicted octanol–water partition coefficient (Wildman–Crippen LogP) is 1.16. The molecular weight excluding hydrogens is 356 g/mol. The van der Waals surface area contributed by atoms with E-state index in [4.69, 9.17) is 4.74 Å². The third-order valence-corrected chi connectivity index (χ3v) is 8.00. The Kier molecular flexibility index (Phi) is 4.56. The van der Waals surface area contributed by atoms with Gasteiger partial charge in [0.2, 0.25) is 11.8 Å². The Morgan fingerprint density at radius 2 is 1.82 bits per heavy atom. The molecule has 0 radical (unpaired) electrons. The second kappa shape index (κ2) is 6.58. The lowest BCUT2D eigenvalue weighted by atomic mass is 9.56. The van der Waals surface area contributed by atoms with Crippen LogP contribution in [0.1, 0.15) is 33.6 Å². The Bertz CT molecular complexity index is 716. The van der Waals surface area contributed by atoms with Gasteiger partial charge in [0.1, 0.15) is 0 Å². The summed E-state index contributed by atoms with van der Waals surface area (Å²) >= 11 is 0. The van der Waals surface area contributed by atoms with Crippen LogP contribution in [0.2, 0.25) is 0 Å². The summed E-state index contributed by atoms with van der Waals surface area (Å²) in [6.07, 6.45) is 6.11. The first-order chi connectivity index (χ1) is 13.2. The Labute approximate surface area is 167 Å². The molecule has 0 aromatic rings. The van der Waals surface area contributed by atoms with Gasteiger partial charge < -0.3 is 15.4 Å². The first kappa shape index (κ1) is 19.4. The number of aliphatic imine (C=N–C) groups is 1. The van der Waals surface area contributed by atoms with Crippen LogP contribution in [-0.4, -0.2) is 61.6 Å². The number of carbonyl (C=O) groups is 2. The molecule has 0 aromatic heterocycles. The van der Waals surface area contributed by atoms with Gasteiger partial charge in [-0.25, -0.2) is 0 Å². The smallest absolute Gasteiger partial charge is 0.233 e. The number of fused-ring (bicyclic) bond motifs is 5. The maximum absolute atomic E-state index is 12.7. The number of ether oxygens (including phenoxy) is 1. The van der Waals surface area contributed by atoms with E-state index in [0.717, 1.165) is 12.8 Å². The number of hydrogen-bond acceptors (Lipinski definition) is 4. The van der Waals surface area contributed by atoms with Gasteiger partial charge in [0, 0.05) is 38.7 Å². The molecule has 6 unspecified atom stereocenters. The minimum absolute atomic E-state index is 0.00702.